The van der Waals surface area contributed by atoms with Gasteiger partial charge < -0.3 is 5.32 Å². The predicted molar refractivity (Wildman–Crippen MR) is 107 cm³/mol. The number of nitrogens with one attached hydrogen (secondary N) is 2. The average molecular weight is 416 g/mol. The highest BCUT2D eigenvalue weighted by atomic mass is 32.1. The van der Waals surface area contributed by atoms with Crippen LogP contribution in [-0.2, 0) is 17.8 Å². The number of rotatable bonds is 5. The Morgan fingerprint density at radius 1 is 1.21 bits per heavy atom. The minimum absolute atomic E-state index is 0.0847. The van der Waals surface area contributed by atoms with Crippen LogP contribution in [-0.4, -0.2) is 49.7 Å². The summed E-state index contributed by atoms with van der Waals surface area (Å²) < 4.78 is 0. The van der Waals surface area contributed by atoms with Crippen molar-refractivity contribution >= 4 is 44.8 Å². The molecule has 0 unspecified atom stereocenters. The van der Waals surface area contributed by atoms with E-state index in [1.54, 1.807) is 0 Å². The second-order valence-corrected chi connectivity index (χ2v) is 8.18. The molecule has 0 fully saturated rings. The Hall–Kier alpha value is -2.76. The lowest BCUT2D eigenvalue weighted by Crippen LogP contribution is -2.36. The summed E-state index contributed by atoms with van der Waals surface area (Å²) in [7, 11) is 0. The Kier molecular flexibility index (Phi) is 5.37. The van der Waals surface area contributed by atoms with Crippen LogP contribution in [0.4, 0.5) is 10.3 Å². The van der Waals surface area contributed by atoms with Crippen LogP contribution in [0, 0.1) is 6.92 Å². The first-order valence-corrected chi connectivity index (χ1v) is 10.3. The fourth-order valence-electron chi connectivity index (χ4n) is 2.79. The Labute approximate surface area is 168 Å². The van der Waals surface area contributed by atoms with Crippen molar-refractivity contribution in [3.8, 4) is 0 Å². The number of anilines is 2. The summed E-state index contributed by atoms with van der Waals surface area (Å²) in [5.74, 6) is -0.423. The summed E-state index contributed by atoms with van der Waals surface area (Å²) in [6.45, 7) is 3.54. The van der Waals surface area contributed by atoms with Crippen LogP contribution in [0.2, 0.25) is 0 Å². The third-order valence-corrected chi connectivity index (χ3v) is 5.93. The molecule has 0 bridgehead atoms. The highest BCUT2D eigenvalue weighted by Gasteiger charge is 2.23. The fourth-order valence-corrected chi connectivity index (χ4v) is 4.54. The van der Waals surface area contributed by atoms with E-state index in [-0.39, 0.29) is 24.1 Å². The van der Waals surface area contributed by atoms with Gasteiger partial charge in [0.05, 0.1) is 24.1 Å². The van der Waals surface area contributed by atoms with Crippen molar-refractivity contribution in [1.82, 2.24) is 24.8 Å². The zero-order valence-corrected chi connectivity index (χ0v) is 16.6. The van der Waals surface area contributed by atoms with Crippen LogP contribution in [0.25, 0.3) is 0 Å². The van der Waals surface area contributed by atoms with Crippen LogP contribution in [0.15, 0.2) is 24.0 Å². The number of aryl methyl sites for hydroxylation is 1. The number of thiazole rings is 2. The number of carbonyl (C=O) groups excluding carboxylic acids is 2. The monoisotopic (exact) mass is 415 g/mol. The fraction of sp³-hybridized carbons (Fsp3) is 0.294. The molecule has 0 aliphatic carbocycles. The molecule has 2 amide bonds. The molecule has 1 aliphatic heterocycles. The Balaban J connectivity index is 1.35. The molecule has 9 nitrogen and oxygen atoms in total. The summed E-state index contributed by atoms with van der Waals surface area (Å²) in [5.41, 5.74) is 2.10. The van der Waals surface area contributed by atoms with Gasteiger partial charge in [-0.1, -0.05) is 0 Å². The average Bonchev–Trinajstić information content (AvgIpc) is 3.27. The second kappa shape index (κ2) is 8.09. The molecule has 0 radical (unpaired) electrons. The van der Waals surface area contributed by atoms with E-state index in [2.05, 4.69) is 35.5 Å². The van der Waals surface area contributed by atoms with E-state index in [1.165, 1.54) is 41.3 Å². The van der Waals surface area contributed by atoms with E-state index in [1.807, 2.05) is 12.3 Å². The third kappa shape index (κ3) is 4.38. The molecule has 0 spiro atoms. The standard InChI is InChI=1S/C17H17N7O2S2/c1-10-9-27-16(20-10)22-14(25)8-24-5-2-11-13(7-24)28-17(21-11)23-15(26)12-6-18-3-4-19-12/h3-4,6,9H,2,5,7-8H2,1H3,(H,20,22,25)(H,21,23,26). The molecule has 4 rings (SSSR count). The lowest BCUT2D eigenvalue weighted by atomic mass is 10.2. The minimum atomic E-state index is -0.339. The maximum Gasteiger partial charge on any atom is 0.277 e. The summed E-state index contributed by atoms with van der Waals surface area (Å²) in [6, 6.07) is 0. The van der Waals surface area contributed by atoms with Gasteiger partial charge in [-0.25, -0.2) is 15.0 Å². The van der Waals surface area contributed by atoms with Crippen molar-refractivity contribution in [2.75, 3.05) is 23.7 Å². The number of hydrogen-bond donors (Lipinski definition) is 2. The number of hydrogen-bond acceptors (Lipinski definition) is 9. The van der Waals surface area contributed by atoms with Crippen molar-refractivity contribution in [2.45, 2.75) is 19.9 Å². The Morgan fingerprint density at radius 2 is 2.11 bits per heavy atom. The van der Waals surface area contributed by atoms with E-state index < -0.39 is 0 Å². The number of aromatic nitrogens is 4. The topological polar surface area (TPSA) is 113 Å². The zero-order valence-electron chi connectivity index (χ0n) is 15.0. The Bertz CT molecular complexity index is 1000. The zero-order chi connectivity index (χ0) is 19.5. The van der Waals surface area contributed by atoms with Gasteiger partial charge in [0, 0.05) is 42.2 Å². The number of carbonyl (C=O) groups is 2. The molecule has 0 saturated carbocycles. The van der Waals surface area contributed by atoms with E-state index in [4.69, 9.17) is 0 Å². The number of amides is 2. The van der Waals surface area contributed by atoms with E-state index in [9.17, 15) is 9.59 Å². The SMILES string of the molecule is Cc1csc(NC(=O)CN2CCc3nc(NC(=O)c4cnccn4)sc3C2)n1. The van der Waals surface area contributed by atoms with Crippen LogP contribution in [0.3, 0.4) is 0 Å². The predicted octanol–water partition coefficient (Wildman–Crippen LogP) is 1.95. The van der Waals surface area contributed by atoms with E-state index in [0.717, 1.165) is 29.2 Å². The molecule has 11 heteroatoms. The molecule has 1 aliphatic rings. The largest absolute Gasteiger partial charge is 0.301 e. The van der Waals surface area contributed by atoms with Gasteiger partial charge in [-0.15, -0.1) is 22.7 Å². The van der Waals surface area contributed by atoms with Crippen LogP contribution < -0.4 is 10.6 Å². The van der Waals surface area contributed by atoms with Crippen molar-refractivity contribution < 1.29 is 9.59 Å². The molecule has 3 aromatic heterocycles. The molecule has 3 aromatic rings. The maximum atomic E-state index is 12.2. The van der Waals surface area contributed by atoms with Crippen molar-refractivity contribution in [1.29, 1.82) is 0 Å². The normalized spacial score (nSPS) is 13.8. The van der Waals surface area contributed by atoms with Gasteiger partial charge in [0.25, 0.3) is 5.91 Å². The minimum Gasteiger partial charge on any atom is -0.301 e. The first-order chi connectivity index (χ1) is 13.6. The van der Waals surface area contributed by atoms with E-state index in [0.29, 0.717) is 16.8 Å². The van der Waals surface area contributed by atoms with Crippen molar-refractivity contribution in [3.05, 3.63) is 45.9 Å². The lowest BCUT2D eigenvalue weighted by Gasteiger charge is -2.24. The summed E-state index contributed by atoms with van der Waals surface area (Å²) in [6.07, 6.45) is 5.13. The Morgan fingerprint density at radius 3 is 2.86 bits per heavy atom. The summed E-state index contributed by atoms with van der Waals surface area (Å²) >= 11 is 2.84. The van der Waals surface area contributed by atoms with Gasteiger partial charge in [0.2, 0.25) is 5.91 Å². The van der Waals surface area contributed by atoms with Crippen molar-refractivity contribution in [3.63, 3.8) is 0 Å². The van der Waals surface area contributed by atoms with Crippen molar-refractivity contribution in [2.24, 2.45) is 0 Å². The second-order valence-electron chi connectivity index (χ2n) is 6.24. The molecule has 28 heavy (non-hydrogen) atoms. The van der Waals surface area contributed by atoms with Crippen LogP contribution >= 0.6 is 22.7 Å². The summed E-state index contributed by atoms with van der Waals surface area (Å²) in [4.78, 5) is 44.2. The lowest BCUT2D eigenvalue weighted by molar-refractivity contribution is -0.117. The molecular weight excluding hydrogens is 398 g/mol. The summed E-state index contributed by atoms with van der Waals surface area (Å²) in [5, 5.41) is 8.65. The van der Waals surface area contributed by atoms with Crippen LogP contribution in [0.5, 0.6) is 0 Å². The van der Waals surface area contributed by atoms with Gasteiger partial charge in [-0.3, -0.25) is 24.8 Å². The molecule has 2 N–H and O–H groups in total. The highest BCUT2D eigenvalue weighted by molar-refractivity contribution is 7.16. The molecule has 144 valence electrons. The molecule has 0 saturated heterocycles. The van der Waals surface area contributed by atoms with Gasteiger partial charge in [0.15, 0.2) is 10.3 Å². The van der Waals surface area contributed by atoms with Gasteiger partial charge in [-0.05, 0) is 6.92 Å². The molecule has 4 heterocycles. The van der Waals surface area contributed by atoms with Crippen LogP contribution in [0.1, 0.15) is 26.8 Å². The molecule has 0 atom stereocenters. The molecular formula is C17H17N7O2S2. The maximum absolute atomic E-state index is 12.2. The quantitative estimate of drug-likeness (QED) is 0.655. The number of fused-ring (bicyclic) bond motifs is 1. The highest BCUT2D eigenvalue weighted by Crippen LogP contribution is 2.28. The first kappa shape index (κ1) is 18.6. The van der Waals surface area contributed by atoms with Gasteiger partial charge in [-0.2, -0.15) is 0 Å². The van der Waals surface area contributed by atoms with E-state index >= 15 is 0 Å². The third-order valence-electron chi connectivity index (χ3n) is 4.06. The molecule has 0 aromatic carbocycles. The number of nitrogens with zero attached hydrogens (tertiary/aromatic N) is 5. The van der Waals surface area contributed by atoms with Gasteiger partial charge in [0.1, 0.15) is 5.69 Å². The first-order valence-electron chi connectivity index (χ1n) is 8.57. The van der Waals surface area contributed by atoms with Gasteiger partial charge >= 0.3 is 0 Å². The smallest absolute Gasteiger partial charge is 0.277 e.